The molecular formula is C49H92N16O14. The normalized spacial score (nSPS) is 23.4. The number of amides is 11. The largest absolute Gasteiger partial charge is 0.394 e. The SMILES string of the molecule is CCCCCCCC(=O)N[C@@H](CCN)C(=O)N[C@H](C(=O)N[C@@H](CCN)C(=O)N[C@H]1CCNC(=O)[C@H](CO)NC(=O)[C@H](CCN)NC(=O)[C@H](CCN)NC(=O)[C@H]([C@@H](C)O)NC(=O)[C@@H](CC(C)C)NC(=O)[C@H](CCN)NC1=O)[C@@H](C)O. The predicted octanol–water partition coefficient (Wildman–Crippen LogP) is -7.74. The molecule has 1 rings (SSSR count). The molecule has 0 saturated carbocycles. The second-order valence-electron chi connectivity index (χ2n) is 19.9. The van der Waals surface area contributed by atoms with Gasteiger partial charge in [0.2, 0.25) is 65.0 Å². The van der Waals surface area contributed by atoms with Crippen LogP contribution in [0.1, 0.15) is 118 Å². The van der Waals surface area contributed by atoms with Gasteiger partial charge in [-0.15, -0.1) is 0 Å². The summed E-state index contributed by atoms with van der Waals surface area (Å²) >= 11 is 0. The van der Waals surface area contributed by atoms with Gasteiger partial charge in [-0.05, 0) is 104 Å². The molecule has 1 saturated heterocycles. The first kappa shape index (κ1) is 70.9. The van der Waals surface area contributed by atoms with E-state index in [4.69, 9.17) is 28.7 Å². The van der Waals surface area contributed by atoms with E-state index in [2.05, 4.69) is 65.4 Å². The van der Waals surface area contributed by atoms with Crippen molar-refractivity contribution in [3.63, 3.8) is 0 Å². The van der Waals surface area contributed by atoms with Crippen LogP contribution in [0.15, 0.2) is 0 Å². The average molecular weight is 1130 g/mol. The Balaban J connectivity index is 3.76. The second-order valence-corrected chi connectivity index (χ2v) is 19.9. The highest BCUT2D eigenvalue weighted by Gasteiger charge is 2.37. The molecule has 30 nitrogen and oxygen atoms in total. The lowest BCUT2D eigenvalue weighted by molar-refractivity contribution is -0.137. The summed E-state index contributed by atoms with van der Waals surface area (Å²) in [5, 5.41) is 58.7. The lowest BCUT2D eigenvalue weighted by atomic mass is 10.0. The van der Waals surface area contributed by atoms with Crippen molar-refractivity contribution in [1.82, 2.24) is 58.5 Å². The number of rotatable bonds is 28. The van der Waals surface area contributed by atoms with E-state index in [9.17, 15) is 68.1 Å². The van der Waals surface area contributed by atoms with Crippen LogP contribution in [-0.4, -0.2) is 199 Å². The quantitative estimate of drug-likeness (QED) is 0.0324. The van der Waals surface area contributed by atoms with E-state index in [1.807, 2.05) is 0 Å². The van der Waals surface area contributed by atoms with Gasteiger partial charge in [0.1, 0.15) is 60.4 Å². The maximum atomic E-state index is 14.3. The van der Waals surface area contributed by atoms with E-state index in [0.29, 0.717) is 6.42 Å². The van der Waals surface area contributed by atoms with Crippen LogP contribution in [0.25, 0.3) is 0 Å². The van der Waals surface area contributed by atoms with Crippen molar-refractivity contribution in [1.29, 1.82) is 0 Å². The Bertz CT molecular complexity index is 1980. The molecule has 24 N–H and O–H groups in total. The lowest BCUT2D eigenvalue weighted by Gasteiger charge is -2.29. The molecule has 1 heterocycles. The summed E-state index contributed by atoms with van der Waals surface area (Å²) in [5.74, 6) is -10.6. The Morgan fingerprint density at radius 1 is 0.557 bits per heavy atom. The average Bonchev–Trinajstić information content (AvgIpc) is 3.38. The fraction of sp³-hybridized carbons (Fsp3) is 0.776. The first-order valence-corrected chi connectivity index (χ1v) is 27.2. The Morgan fingerprint density at radius 2 is 1.04 bits per heavy atom. The zero-order valence-corrected chi connectivity index (χ0v) is 46.4. The predicted molar refractivity (Wildman–Crippen MR) is 289 cm³/mol. The smallest absolute Gasteiger partial charge is 0.245 e. The number of unbranched alkanes of at least 4 members (excludes halogenated alkanes) is 4. The highest BCUT2D eigenvalue weighted by atomic mass is 16.3. The van der Waals surface area contributed by atoms with Crippen LogP contribution in [-0.2, 0) is 52.7 Å². The molecule has 0 aromatic rings. The molecule has 79 heavy (non-hydrogen) atoms. The van der Waals surface area contributed by atoms with Gasteiger partial charge in [-0.25, -0.2) is 0 Å². The molecule has 1 fully saturated rings. The zero-order valence-electron chi connectivity index (χ0n) is 46.4. The molecule has 0 radical (unpaired) electrons. The second kappa shape index (κ2) is 38.5. The number of aliphatic hydroxyl groups is 3. The van der Waals surface area contributed by atoms with Crippen LogP contribution >= 0.6 is 0 Å². The van der Waals surface area contributed by atoms with E-state index in [-0.39, 0.29) is 83.6 Å². The van der Waals surface area contributed by atoms with E-state index in [1.165, 1.54) is 13.8 Å². The number of nitrogens with two attached hydrogens (primary N) is 5. The number of hydrogen-bond donors (Lipinski definition) is 19. The van der Waals surface area contributed by atoms with Crippen molar-refractivity contribution < 1.29 is 68.1 Å². The van der Waals surface area contributed by atoms with Gasteiger partial charge in [0, 0.05) is 13.0 Å². The molecule has 1 aliphatic heterocycles. The molecular weight excluding hydrogens is 1040 g/mol. The van der Waals surface area contributed by atoms with Crippen molar-refractivity contribution in [3.8, 4) is 0 Å². The maximum absolute atomic E-state index is 14.3. The molecule has 0 unspecified atom stereocenters. The van der Waals surface area contributed by atoms with Crippen molar-refractivity contribution in [2.24, 2.45) is 34.6 Å². The van der Waals surface area contributed by atoms with Crippen LogP contribution in [0, 0.1) is 5.92 Å². The number of hydrogen-bond acceptors (Lipinski definition) is 19. The highest BCUT2D eigenvalue weighted by molar-refractivity contribution is 5.99. The fourth-order valence-electron chi connectivity index (χ4n) is 8.16. The van der Waals surface area contributed by atoms with Crippen LogP contribution in [0.3, 0.4) is 0 Å². The lowest BCUT2D eigenvalue weighted by Crippen LogP contribution is -2.62. The van der Waals surface area contributed by atoms with Crippen molar-refractivity contribution in [3.05, 3.63) is 0 Å². The minimum Gasteiger partial charge on any atom is -0.394 e. The summed E-state index contributed by atoms with van der Waals surface area (Å²) in [4.78, 5) is 151. The molecule has 11 amide bonds. The molecule has 12 atom stereocenters. The third kappa shape index (κ3) is 26.1. The Morgan fingerprint density at radius 3 is 1.52 bits per heavy atom. The van der Waals surface area contributed by atoms with Crippen LogP contribution in [0.4, 0.5) is 0 Å². The van der Waals surface area contributed by atoms with Gasteiger partial charge in [0.05, 0.1) is 18.8 Å². The van der Waals surface area contributed by atoms with Crippen molar-refractivity contribution in [2.45, 2.75) is 191 Å². The Hall–Kier alpha value is -6.15. The van der Waals surface area contributed by atoms with Gasteiger partial charge >= 0.3 is 0 Å². The molecule has 0 aromatic heterocycles. The van der Waals surface area contributed by atoms with Crippen LogP contribution < -0.4 is 87.2 Å². The molecule has 452 valence electrons. The minimum atomic E-state index is -1.73. The molecule has 1 aliphatic rings. The summed E-state index contributed by atoms with van der Waals surface area (Å²) in [5.41, 5.74) is 28.9. The topological polar surface area (TPSA) is 511 Å². The van der Waals surface area contributed by atoms with E-state index in [1.54, 1.807) is 13.8 Å². The summed E-state index contributed by atoms with van der Waals surface area (Å²) in [6.45, 7) is 5.64. The molecule has 0 spiro atoms. The fourth-order valence-corrected chi connectivity index (χ4v) is 8.16. The Labute approximate surface area is 461 Å². The number of aliphatic hydroxyl groups excluding tert-OH is 3. The summed E-state index contributed by atoms with van der Waals surface area (Å²) < 4.78 is 0. The molecule has 0 bridgehead atoms. The van der Waals surface area contributed by atoms with Crippen LogP contribution in [0.5, 0.6) is 0 Å². The van der Waals surface area contributed by atoms with Gasteiger partial charge in [-0.3, -0.25) is 52.7 Å². The summed E-state index contributed by atoms with van der Waals surface area (Å²) in [7, 11) is 0. The monoisotopic (exact) mass is 1130 g/mol. The first-order valence-electron chi connectivity index (χ1n) is 27.2. The van der Waals surface area contributed by atoms with Gasteiger partial charge in [0.15, 0.2) is 0 Å². The maximum Gasteiger partial charge on any atom is 0.245 e. The Kier molecular flexibility index (Phi) is 34.5. The van der Waals surface area contributed by atoms with E-state index >= 15 is 0 Å². The zero-order chi connectivity index (χ0) is 59.8. The van der Waals surface area contributed by atoms with E-state index in [0.717, 1.165) is 25.7 Å². The van der Waals surface area contributed by atoms with Crippen molar-refractivity contribution in [2.75, 3.05) is 45.9 Å². The van der Waals surface area contributed by atoms with Crippen LogP contribution in [0.2, 0.25) is 0 Å². The number of carbonyl (C=O) groups excluding carboxylic acids is 11. The summed E-state index contributed by atoms with van der Waals surface area (Å²) in [6.07, 6.45) is -0.0918. The first-order chi connectivity index (χ1) is 37.4. The van der Waals surface area contributed by atoms with Crippen molar-refractivity contribution >= 4 is 65.0 Å². The number of carbonyl (C=O) groups is 11. The third-order valence-electron chi connectivity index (χ3n) is 12.6. The minimum absolute atomic E-state index is 0.0176. The summed E-state index contributed by atoms with van der Waals surface area (Å²) in [6, 6.07) is -15.3. The highest BCUT2D eigenvalue weighted by Crippen LogP contribution is 2.11. The molecule has 0 aromatic carbocycles. The third-order valence-corrected chi connectivity index (χ3v) is 12.6. The number of nitrogens with one attached hydrogen (secondary N) is 11. The van der Waals surface area contributed by atoms with Gasteiger partial charge < -0.3 is 102 Å². The van der Waals surface area contributed by atoms with E-state index < -0.39 is 157 Å². The van der Waals surface area contributed by atoms with Gasteiger partial charge in [-0.1, -0.05) is 46.5 Å². The molecule has 30 heteroatoms. The van der Waals surface area contributed by atoms with Gasteiger partial charge in [-0.2, -0.15) is 0 Å². The molecule has 0 aliphatic carbocycles. The standard InChI is InChI=1S/C49H92N16O14/c1-6-7-8-9-10-11-37(69)56-29(12-18-50)46(76)64-38(27(4)67)48(78)61-33(16-22-54)42(72)59-34-17-23-55-40(70)36(25-66)63-44(74)31(14-20-52)57-41(71)32(15-21-53)60-49(79)39(28(5)68)65-47(77)35(24-26(2)3)62-43(73)30(13-19-51)58-45(34)75/h26-36,38-39,66-68H,6-25,50-54H2,1-5H3,(H,55,70)(H,56,69)(H,57,71)(H,58,75)(H,59,72)(H,60,79)(H,61,78)(H,62,73)(H,63,74)(H,64,76)(H,65,77)/t27-,28-,29+,30+,31+,32+,33+,34+,35-,36+,38+,39+/m1/s1. The van der Waals surface area contributed by atoms with Gasteiger partial charge in [0.25, 0.3) is 0 Å².